The Kier molecular flexibility index (Phi) is 8.24. The summed E-state index contributed by atoms with van der Waals surface area (Å²) in [7, 11) is 1.83. The van der Waals surface area contributed by atoms with Crippen molar-refractivity contribution in [1.82, 2.24) is 10.3 Å². The van der Waals surface area contributed by atoms with Crippen LogP contribution in [0.15, 0.2) is 54.6 Å². The Morgan fingerprint density at radius 3 is 2.38 bits per heavy atom. The summed E-state index contributed by atoms with van der Waals surface area (Å²) >= 11 is 0. The number of rotatable bonds is 10. The molecule has 0 aliphatic rings. The summed E-state index contributed by atoms with van der Waals surface area (Å²) in [5.41, 5.74) is 5.12. The number of benzene rings is 2. The topological polar surface area (TPSA) is 101 Å². The van der Waals surface area contributed by atoms with Gasteiger partial charge in [0.05, 0.1) is 6.61 Å². The highest BCUT2D eigenvalue weighted by Crippen LogP contribution is 2.17. The predicted octanol–water partition coefficient (Wildman–Crippen LogP) is 4.10. The summed E-state index contributed by atoms with van der Waals surface area (Å²) in [5, 5.41) is 15.3. The van der Waals surface area contributed by atoms with Crippen LogP contribution in [-0.2, 0) is 17.6 Å². The van der Waals surface area contributed by atoms with Crippen molar-refractivity contribution in [3.8, 4) is 5.75 Å². The van der Waals surface area contributed by atoms with E-state index in [9.17, 15) is 14.7 Å². The molecule has 0 aliphatic carbocycles. The number of hydrogen-bond acceptors (Lipinski definition) is 5. The Morgan fingerprint density at radius 1 is 1.00 bits per heavy atom. The van der Waals surface area contributed by atoms with Gasteiger partial charge in [-0.05, 0) is 73.4 Å². The van der Waals surface area contributed by atoms with E-state index in [0.717, 1.165) is 33.8 Å². The number of aromatic nitrogens is 1. The van der Waals surface area contributed by atoms with Crippen molar-refractivity contribution < 1.29 is 19.4 Å². The maximum atomic E-state index is 12.8. The van der Waals surface area contributed by atoms with Gasteiger partial charge in [0.2, 0.25) is 0 Å². The van der Waals surface area contributed by atoms with Gasteiger partial charge in [-0.25, -0.2) is 9.78 Å². The van der Waals surface area contributed by atoms with Gasteiger partial charge in [-0.15, -0.1) is 0 Å². The Morgan fingerprint density at radius 2 is 1.71 bits per heavy atom. The number of ether oxygens (including phenoxy) is 1. The van der Waals surface area contributed by atoms with Gasteiger partial charge in [-0.1, -0.05) is 24.3 Å². The Balaban J connectivity index is 1.58. The fraction of sp³-hybridized carbons (Fsp3) is 0.296. The van der Waals surface area contributed by atoms with Gasteiger partial charge in [0.25, 0.3) is 5.91 Å². The van der Waals surface area contributed by atoms with Crippen LogP contribution in [0.1, 0.15) is 38.3 Å². The summed E-state index contributed by atoms with van der Waals surface area (Å²) in [6.07, 6.45) is 0.842. The quantitative estimate of drug-likeness (QED) is 0.420. The number of amides is 1. The van der Waals surface area contributed by atoms with Crippen molar-refractivity contribution in [3.63, 3.8) is 0 Å². The second-order valence-electron chi connectivity index (χ2n) is 8.33. The normalized spacial score (nSPS) is 11.5. The number of aryl methyl sites for hydroxylation is 3. The molecule has 0 spiro atoms. The fourth-order valence-electron chi connectivity index (χ4n) is 3.63. The number of carbonyl (C=O) groups is 2. The lowest BCUT2D eigenvalue weighted by molar-refractivity contribution is -0.139. The molecule has 0 aliphatic heterocycles. The molecule has 7 nitrogen and oxygen atoms in total. The third-order valence-corrected chi connectivity index (χ3v) is 5.74. The van der Waals surface area contributed by atoms with Crippen LogP contribution < -0.4 is 15.4 Å². The van der Waals surface area contributed by atoms with E-state index in [4.69, 9.17) is 4.74 Å². The minimum atomic E-state index is -1.08. The zero-order valence-electron chi connectivity index (χ0n) is 20.0. The molecule has 1 atom stereocenters. The van der Waals surface area contributed by atoms with Gasteiger partial charge >= 0.3 is 5.97 Å². The van der Waals surface area contributed by atoms with Crippen molar-refractivity contribution >= 4 is 17.7 Å². The third kappa shape index (κ3) is 6.57. The van der Waals surface area contributed by atoms with E-state index in [-0.39, 0.29) is 12.3 Å². The van der Waals surface area contributed by atoms with Gasteiger partial charge in [0.15, 0.2) is 0 Å². The molecule has 34 heavy (non-hydrogen) atoms. The third-order valence-electron chi connectivity index (χ3n) is 5.74. The van der Waals surface area contributed by atoms with Crippen LogP contribution in [0.4, 0.5) is 5.82 Å². The molecule has 7 heteroatoms. The SMILES string of the molecule is CNc1cccc(CCOc2ccc(C[C@H](NC(=O)c3cc(C)c(C)cc3C)C(=O)O)cc2)n1. The average molecular weight is 462 g/mol. The minimum Gasteiger partial charge on any atom is -0.493 e. The van der Waals surface area contributed by atoms with Gasteiger partial charge in [-0.2, -0.15) is 0 Å². The lowest BCUT2D eigenvalue weighted by atomic mass is 9.99. The number of carboxylic acids is 1. The Bertz CT molecular complexity index is 1160. The highest BCUT2D eigenvalue weighted by Gasteiger charge is 2.22. The summed E-state index contributed by atoms with van der Waals surface area (Å²) < 4.78 is 5.80. The number of carboxylic acid groups (broad SMARTS) is 1. The van der Waals surface area contributed by atoms with Crippen LogP contribution >= 0.6 is 0 Å². The molecule has 1 aromatic heterocycles. The number of hydrogen-bond donors (Lipinski definition) is 3. The van der Waals surface area contributed by atoms with Crippen LogP contribution in [0.25, 0.3) is 0 Å². The summed E-state index contributed by atoms with van der Waals surface area (Å²) in [6.45, 7) is 6.24. The molecule has 1 amide bonds. The highest BCUT2D eigenvalue weighted by atomic mass is 16.5. The first-order valence-electron chi connectivity index (χ1n) is 11.2. The Hall–Kier alpha value is -3.87. The molecule has 1 heterocycles. The molecule has 0 saturated carbocycles. The molecular weight excluding hydrogens is 430 g/mol. The first-order valence-corrected chi connectivity index (χ1v) is 11.2. The molecule has 0 unspecified atom stereocenters. The summed E-state index contributed by atoms with van der Waals surface area (Å²) in [6, 6.07) is 15.8. The molecule has 2 aromatic carbocycles. The minimum absolute atomic E-state index is 0.173. The maximum absolute atomic E-state index is 12.8. The van der Waals surface area contributed by atoms with Crippen molar-refractivity contribution in [3.05, 3.63) is 88.1 Å². The average Bonchev–Trinajstić information content (AvgIpc) is 2.82. The first kappa shape index (κ1) is 24.8. The van der Waals surface area contributed by atoms with E-state index < -0.39 is 12.0 Å². The number of pyridine rings is 1. The molecular formula is C27H31N3O4. The van der Waals surface area contributed by atoms with Crippen LogP contribution in [0, 0.1) is 20.8 Å². The number of nitrogens with one attached hydrogen (secondary N) is 2. The van der Waals surface area contributed by atoms with Crippen LogP contribution in [0.5, 0.6) is 5.75 Å². The standard InChI is InChI=1S/C27H31N3O4/c1-17-14-19(3)23(15-18(17)2)26(31)30-24(27(32)33)16-20-8-10-22(11-9-20)34-13-12-21-6-5-7-25(28-4)29-21/h5-11,14-15,24H,12-13,16H2,1-4H3,(H,28,29)(H,30,31)(H,32,33)/t24-/m0/s1. The number of nitrogens with zero attached hydrogens (tertiary/aromatic N) is 1. The number of aliphatic carboxylic acids is 1. The Labute approximate surface area is 200 Å². The summed E-state index contributed by atoms with van der Waals surface area (Å²) in [4.78, 5) is 29.0. The molecule has 0 bridgehead atoms. The van der Waals surface area contributed by atoms with Gasteiger partial charge in [-0.3, -0.25) is 4.79 Å². The molecule has 0 radical (unpaired) electrons. The largest absolute Gasteiger partial charge is 0.493 e. The van der Waals surface area contributed by atoms with Crippen LogP contribution in [-0.4, -0.2) is 41.7 Å². The first-order chi connectivity index (χ1) is 16.3. The lowest BCUT2D eigenvalue weighted by Gasteiger charge is -2.17. The predicted molar refractivity (Wildman–Crippen MR) is 133 cm³/mol. The molecule has 178 valence electrons. The maximum Gasteiger partial charge on any atom is 0.326 e. The van der Waals surface area contributed by atoms with E-state index in [1.807, 2.05) is 64.2 Å². The molecule has 3 rings (SSSR count). The van der Waals surface area contributed by atoms with E-state index in [0.29, 0.717) is 24.3 Å². The molecule has 3 aromatic rings. The zero-order chi connectivity index (χ0) is 24.7. The second-order valence-corrected chi connectivity index (χ2v) is 8.33. The van der Waals surface area contributed by atoms with E-state index >= 15 is 0 Å². The van der Waals surface area contributed by atoms with Crippen LogP contribution in [0.3, 0.4) is 0 Å². The van der Waals surface area contributed by atoms with E-state index in [2.05, 4.69) is 15.6 Å². The lowest BCUT2D eigenvalue weighted by Crippen LogP contribution is -2.42. The van der Waals surface area contributed by atoms with E-state index in [1.165, 1.54) is 0 Å². The monoisotopic (exact) mass is 461 g/mol. The van der Waals surface area contributed by atoms with Crippen molar-refractivity contribution in [2.45, 2.75) is 39.7 Å². The van der Waals surface area contributed by atoms with Gasteiger partial charge in [0, 0.05) is 31.1 Å². The van der Waals surface area contributed by atoms with E-state index in [1.54, 1.807) is 18.2 Å². The van der Waals surface area contributed by atoms with Crippen molar-refractivity contribution in [2.24, 2.45) is 0 Å². The fourth-order valence-corrected chi connectivity index (χ4v) is 3.63. The molecule has 0 fully saturated rings. The van der Waals surface area contributed by atoms with Crippen molar-refractivity contribution in [2.75, 3.05) is 19.0 Å². The number of anilines is 1. The van der Waals surface area contributed by atoms with Crippen LogP contribution in [0.2, 0.25) is 0 Å². The van der Waals surface area contributed by atoms with Gasteiger partial charge in [0.1, 0.15) is 17.6 Å². The summed E-state index contributed by atoms with van der Waals surface area (Å²) in [5.74, 6) is 0.0418. The number of carbonyl (C=O) groups excluding carboxylic acids is 1. The second kappa shape index (κ2) is 11.3. The molecule has 0 saturated heterocycles. The molecule has 3 N–H and O–H groups in total. The highest BCUT2D eigenvalue weighted by molar-refractivity contribution is 5.98. The van der Waals surface area contributed by atoms with Crippen molar-refractivity contribution in [1.29, 1.82) is 0 Å². The zero-order valence-corrected chi connectivity index (χ0v) is 20.0. The van der Waals surface area contributed by atoms with Gasteiger partial charge < -0.3 is 20.5 Å². The smallest absolute Gasteiger partial charge is 0.326 e.